The molecule has 0 unspecified atom stereocenters. The van der Waals surface area contributed by atoms with E-state index in [0.29, 0.717) is 12.2 Å². The number of carbonyl (C=O) groups excluding carboxylic acids is 1. The fraction of sp³-hybridized carbons (Fsp3) is 0.467. The number of hydrogen-bond acceptors (Lipinski definition) is 3. The lowest BCUT2D eigenvalue weighted by molar-refractivity contribution is 0.0525. The fourth-order valence-electron chi connectivity index (χ4n) is 2.12. The lowest BCUT2D eigenvalue weighted by Gasteiger charge is -2.15. The Morgan fingerprint density at radius 2 is 2.30 bits per heavy atom. The highest BCUT2D eigenvalue weighted by atomic mass is 79.9. The number of carbonyl (C=O) groups is 1. The lowest BCUT2D eigenvalue weighted by atomic mass is 9.86. The van der Waals surface area contributed by atoms with Gasteiger partial charge in [0.2, 0.25) is 0 Å². The maximum absolute atomic E-state index is 11.8. The minimum absolute atomic E-state index is 0.106. The van der Waals surface area contributed by atoms with Crippen molar-refractivity contribution in [2.24, 2.45) is 10.4 Å². The molecule has 5 heteroatoms. The molecule has 0 radical (unpaired) electrons. The molecule has 0 saturated carbocycles. The number of nitrogens with zero attached hydrogens (tertiary/aromatic N) is 1. The van der Waals surface area contributed by atoms with E-state index in [1.165, 1.54) is 0 Å². The van der Waals surface area contributed by atoms with Crippen molar-refractivity contribution in [2.75, 3.05) is 6.61 Å². The van der Waals surface area contributed by atoms with E-state index in [4.69, 9.17) is 4.74 Å². The highest BCUT2D eigenvalue weighted by Crippen LogP contribution is 2.36. The third kappa shape index (κ3) is 2.87. The van der Waals surface area contributed by atoms with E-state index < -0.39 is 0 Å². The van der Waals surface area contributed by atoms with Gasteiger partial charge in [-0.3, -0.25) is 4.99 Å². The fourth-order valence-corrected chi connectivity index (χ4v) is 2.63. The van der Waals surface area contributed by atoms with Crippen LogP contribution in [0.3, 0.4) is 0 Å². The molecule has 1 aliphatic heterocycles. The predicted molar refractivity (Wildman–Crippen MR) is 83.9 cm³/mol. The first kappa shape index (κ1) is 15.0. The summed E-state index contributed by atoms with van der Waals surface area (Å²) in [5, 5.41) is 0. The number of halogens is 1. The molecule has 0 aromatic carbocycles. The molecule has 0 bridgehead atoms. The topological polar surface area (TPSA) is 54.5 Å². The number of H-pyrrole nitrogens is 1. The van der Waals surface area contributed by atoms with Crippen LogP contribution in [-0.4, -0.2) is 23.3 Å². The Bertz CT molecular complexity index is 597. The second kappa shape index (κ2) is 5.56. The Hall–Kier alpha value is -1.36. The van der Waals surface area contributed by atoms with Crippen LogP contribution in [0.4, 0.5) is 0 Å². The van der Waals surface area contributed by atoms with Gasteiger partial charge in [0.05, 0.1) is 22.3 Å². The summed E-state index contributed by atoms with van der Waals surface area (Å²) in [6.45, 7) is 8.57. The summed E-state index contributed by atoms with van der Waals surface area (Å²) in [6.07, 6.45) is 4.54. The van der Waals surface area contributed by atoms with Gasteiger partial charge in [0.15, 0.2) is 0 Å². The minimum atomic E-state index is -0.327. The summed E-state index contributed by atoms with van der Waals surface area (Å²) < 4.78 is 5.73. The summed E-state index contributed by atoms with van der Waals surface area (Å²) in [5.41, 5.74) is 3.62. The number of aromatic amines is 1. The zero-order valence-corrected chi connectivity index (χ0v) is 13.8. The monoisotopic (exact) mass is 338 g/mol. The van der Waals surface area contributed by atoms with Crippen LogP contribution >= 0.6 is 15.9 Å². The molecule has 0 saturated heterocycles. The number of ether oxygens (including phenoxy) is 1. The molecule has 1 aliphatic rings. The zero-order chi connectivity index (χ0) is 14.9. The largest absolute Gasteiger partial charge is 0.462 e. The third-order valence-electron chi connectivity index (χ3n) is 3.57. The second-order valence-electron chi connectivity index (χ2n) is 5.54. The van der Waals surface area contributed by atoms with Crippen molar-refractivity contribution < 1.29 is 9.53 Å². The Morgan fingerprint density at radius 3 is 2.85 bits per heavy atom. The van der Waals surface area contributed by atoms with Crippen molar-refractivity contribution in [1.29, 1.82) is 0 Å². The predicted octanol–water partition coefficient (Wildman–Crippen LogP) is 4.19. The smallest absolute Gasteiger partial charge is 0.340 e. The first-order valence-corrected chi connectivity index (χ1v) is 7.45. The van der Waals surface area contributed by atoms with Crippen LogP contribution in [0.25, 0.3) is 6.08 Å². The van der Waals surface area contributed by atoms with Crippen LogP contribution in [0.1, 0.15) is 50.2 Å². The molecule has 0 fully saturated rings. The van der Waals surface area contributed by atoms with E-state index in [2.05, 4.69) is 46.7 Å². The Kier molecular flexibility index (Phi) is 4.18. The number of nitrogens with one attached hydrogen (secondary N) is 1. The van der Waals surface area contributed by atoms with Crippen molar-refractivity contribution in [3.05, 3.63) is 27.6 Å². The standard InChI is InChI=1S/C15H19BrN2O2/c1-5-20-14(19)11-8-17-12(13(11)16)6-10-7-15(3,4)9(2)18-10/h6,8,17H,5,7H2,1-4H3/b10-6-. The van der Waals surface area contributed by atoms with Gasteiger partial charge in [-0.2, -0.15) is 0 Å². The van der Waals surface area contributed by atoms with Crippen molar-refractivity contribution in [1.82, 2.24) is 4.98 Å². The van der Waals surface area contributed by atoms with Crippen LogP contribution < -0.4 is 0 Å². The molecule has 1 aromatic rings. The number of hydrogen-bond donors (Lipinski definition) is 1. The number of aromatic nitrogens is 1. The zero-order valence-electron chi connectivity index (χ0n) is 12.2. The second-order valence-corrected chi connectivity index (χ2v) is 6.34. The third-order valence-corrected chi connectivity index (χ3v) is 4.42. The van der Waals surface area contributed by atoms with Crippen LogP contribution in [0.5, 0.6) is 0 Å². The average Bonchev–Trinajstić information content (AvgIpc) is 2.82. The Balaban J connectivity index is 2.27. The van der Waals surface area contributed by atoms with Gasteiger partial charge in [-0.1, -0.05) is 13.8 Å². The van der Waals surface area contributed by atoms with E-state index in [1.54, 1.807) is 13.1 Å². The molecule has 0 spiro atoms. The van der Waals surface area contributed by atoms with Gasteiger partial charge < -0.3 is 9.72 Å². The molecule has 1 aromatic heterocycles. The molecule has 0 aliphatic carbocycles. The van der Waals surface area contributed by atoms with Gasteiger partial charge in [0.25, 0.3) is 0 Å². The molecule has 2 heterocycles. The summed E-state index contributed by atoms with van der Waals surface area (Å²) >= 11 is 3.45. The van der Waals surface area contributed by atoms with E-state index in [-0.39, 0.29) is 11.4 Å². The van der Waals surface area contributed by atoms with Gasteiger partial charge in [-0.15, -0.1) is 0 Å². The van der Waals surface area contributed by atoms with Crippen molar-refractivity contribution in [3.63, 3.8) is 0 Å². The number of allylic oxidation sites excluding steroid dienone is 1. The van der Waals surface area contributed by atoms with Crippen LogP contribution in [0.2, 0.25) is 0 Å². The molecule has 108 valence electrons. The molecule has 1 N–H and O–H groups in total. The molecule has 2 rings (SSSR count). The summed E-state index contributed by atoms with van der Waals surface area (Å²) in [5.74, 6) is -0.327. The van der Waals surface area contributed by atoms with E-state index in [1.807, 2.05) is 6.08 Å². The molecule has 20 heavy (non-hydrogen) atoms. The quantitative estimate of drug-likeness (QED) is 0.840. The van der Waals surface area contributed by atoms with Gasteiger partial charge in [0, 0.05) is 29.4 Å². The summed E-state index contributed by atoms with van der Waals surface area (Å²) in [6, 6.07) is 0. The molecule has 0 atom stereocenters. The van der Waals surface area contributed by atoms with Gasteiger partial charge in [0.1, 0.15) is 0 Å². The van der Waals surface area contributed by atoms with Crippen molar-refractivity contribution in [3.8, 4) is 0 Å². The Morgan fingerprint density at radius 1 is 1.60 bits per heavy atom. The van der Waals surface area contributed by atoms with Crippen molar-refractivity contribution >= 4 is 33.7 Å². The van der Waals surface area contributed by atoms with Crippen LogP contribution in [0.15, 0.2) is 21.4 Å². The van der Waals surface area contributed by atoms with Crippen LogP contribution in [-0.2, 0) is 4.74 Å². The number of rotatable bonds is 3. The van der Waals surface area contributed by atoms with E-state index in [0.717, 1.165) is 28.0 Å². The number of esters is 1. The maximum Gasteiger partial charge on any atom is 0.340 e. The minimum Gasteiger partial charge on any atom is -0.462 e. The van der Waals surface area contributed by atoms with E-state index in [9.17, 15) is 4.79 Å². The molecular formula is C15H19BrN2O2. The molecule has 4 nitrogen and oxygen atoms in total. The molecule has 0 amide bonds. The van der Waals surface area contributed by atoms with E-state index >= 15 is 0 Å². The number of aliphatic imine (C=N–C) groups is 1. The highest BCUT2D eigenvalue weighted by molar-refractivity contribution is 9.10. The molecular weight excluding hydrogens is 320 g/mol. The van der Waals surface area contributed by atoms with Crippen LogP contribution in [0, 0.1) is 5.41 Å². The highest BCUT2D eigenvalue weighted by Gasteiger charge is 2.29. The van der Waals surface area contributed by atoms with Crippen molar-refractivity contribution in [2.45, 2.75) is 34.1 Å². The van der Waals surface area contributed by atoms with Gasteiger partial charge >= 0.3 is 5.97 Å². The first-order chi connectivity index (χ1) is 9.35. The lowest BCUT2D eigenvalue weighted by Crippen LogP contribution is -2.15. The maximum atomic E-state index is 11.8. The normalized spacial score (nSPS) is 19.2. The van der Waals surface area contributed by atoms with Gasteiger partial charge in [-0.05, 0) is 35.9 Å². The summed E-state index contributed by atoms with van der Waals surface area (Å²) in [7, 11) is 0. The summed E-state index contributed by atoms with van der Waals surface area (Å²) in [4.78, 5) is 19.4. The Labute approximate surface area is 127 Å². The average molecular weight is 339 g/mol. The SMILES string of the molecule is CCOC(=O)c1c[nH]c(/C=C2/CC(C)(C)C(C)=N2)c1Br. The first-order valence-electron chi connectivity index (χ1n) is 6.65. The van der Waals surface area contributed by atoms with Gasteiger partial charge in [-0.25, -0.2) is 4.79 Å².